The number of nitrogens with one attached hydrogen (secondary N) is 1. The number of carbonyl (C=O) groups is 2. The highest BCUT2D eigenvalue weighted by molar-refractivity contribution is 8.00. The average molecular weight is 374 g/mol. The molecule has 0 heterocycles. The van der Waals surface area contributed by atoms with Crippen molar-refractivity contribution >= 4 is 35.0 Å². The molecule has 0 bridgehead atoms. The number of hydrogen-bond acceptors (Lipinski definition) is 6. The van der Waals surface area contributed by atoms with E-state index in [1.54, 1.807) is 18.2 Å². The number of carbonyl (C=O) groups excluding carboxylic acids is 2. The molecule has 2 rings (SSSR count). The molecule has 0 aliphatic rings. The van der Waals surface area contributed by atoms with Crippen LogP contribution >= 0.6 is 11.8 Å². The zero-order valence-electron chi connectivity index (χ0n) is 14.4. The molecule has 1 amide bonds. The van der Waals surface area contributed by atoms with E-state index in [9.17, 15) is 19.7 Å². The number of amides is 1. The van der Waals surface area contributed by atoms with Crippen molar-refractivity contribution in [3.63, 3.8) is 0 Å². The van der Waals surface area contributed by atoms with Crippen LogP contribution in [0, 0.1) is 24.0 Å². The number of aryl methyl sites for hydroxylation is 2. The van der Waals surface area contributed by atoms with Gasteiger partial charge in [0.15, 0.2) is 6.61 Å². The van der Waals surface area contributed by atoms with E-state index in [1.165, 1.54) is 23.9 Å². The quantitative estimate of drug-likeness (QED) is 0.345. The minimum absolute atomic E-state index is 0.00866. The fourth-order valence-electron chi connectivity index (χ4n) is 2.01. The number of hydrogen-bond donors (Lipinski definition) is 1. The summed E-state index contributed by atoms with van der Waals surface area (Å²) >= 11 is 1.18. The molecule has 26 heavy (non-hydrogen) atoms. The van der Waals surface area contributed by atoms with Gasteiger partial charge in [0.25, 0.3) is 11.6 Å². The van der Waals surface area contributed by atoms with Crippen molar-refractivity contribution in [3.8, 4) is 0 Å². The number of benzene rings is 2. The standard InChI is InChI=1S/C18H18N2O5S/c1-12-3-4-14(9-13(12)2)19-17(21)10-25-18(22)11-26-16-7-5-15(6-8-16)20(23)24/h3-9H,10-11H2,1-2H3,(H,19,21). The molecule has 0 fully saturated rings. The summed E-state index contributed by atoms with van der Waals surface area (Å²) in [5, 5.41) is 13.2. The number of rotatable bonds is 7. The zero-order chi connectivity index (χ0) is 19.1. The Bertz CT molecular complexity index is 821. The molecule has 0 aliphatic heterocycles. The summed E-state index contributed by atoms with van der Waals surface area (Å²) in [4.78, 5) is 34.3. The molecule has 0 radical (unpaired) electrons. The predicted octanol–water partition coefficient (Wildman–Crippen LogP) is 3.49. The Hall–Kier alpha value is -2.87. The number of nitro benzene ring substituents is 1. The molecule has 136 valence electrons. The van der Waals surface area contributed by atoms with Gasteiger partial charge in [-0.05, 0) is 49.2 Å². The average Bonchev–Trinajstić information content (AvgIpc) is 2.61. The molecule has 0 aliphatic carbocycles. The van der Waals surface area contributed by atoms with E-state index in [-0.39, 0.29) is 18.0 Å². The number of non-ortho nitro benzene ring substituents is 1. The van der Waals surface area contributed by atoms with Crippen LogP contribution in [0.1, 0.15) is 11.1 Å². The number of ether oxygens (including phenoxy) is 1. The van der Waals surface area contributed by atoms with Gasteiger partial charge in [0, 0.05) is 22.7 Å². The van der Waals surface area contributed by atoms with E-state index in [1.807, 2.05) is 26.0 Å². The Morgan fingerprint density at radius 1 is 1.12 bits per heavy atom. The molecule has 0 saturated heterocycles. The van der Waals surface area contributed by atoms with E-state index in [0.717, 1.165) is 11.1 Å². The first kappa shape index (κ1) is 19.5. The maximum atomic E-state index is 11.8. The van der Waals surface area contributed by atoms with Crippen molar-refractivity contribution in [2.45, 2.75) is 18.7 Å². The van der Waals surface area contributed by atoms with Gasteiger partial charge in [-0.15, -0.1) is 11.8 Å². The van der Waals surface area contributed by atoms with Gasteiger partial charge in [0.1, 0.15) is 0 Å². The van der Waals surface area contributed by atoms with E-state index >= 15 is 0 Å². The molecule has 0 spiro atoms. The van der Waals surface area contributed by atoms with Crippen LogP contribution in [0.4, 0.5) is 11.4 Å². The molecular weight excluding hydrogens is 356 g/mol. The van der Waals surface area contributed by atoms with E-state index in [0.29, 0.717) is 10.6 Å². The first-order valence-corrected chi connectivity index (χ1v) is 8.73. The van der Waals surface area contributed by atoms with E-state index in [4.69, 9.17) is 4.74 Å². The minimum Gasteiger partial charge on any atom is -0.455 e. The predicted molar refractivity (Wildman–Crippen MR) is 99.3 cm³/mol. The highest BCUT2D eigenvalue weighted by Crippen LogP contribution is 2.21. The second-order valence-corrected chi connectivity index (χ2v) is 6.60. The Morgan fingerprint density at radius 2 is 1.81 bits per heavy atom. The van der Waals surface area contributed by atoms with Crippen LogP contribution in [0.15, 0.2) is 47.4 Å². The fraction of sp³-hybridized carbons (Fsp3) is 0.222. The smallest absolute Gasteiger partial charge is 0.316 e. The largest absolute Gasteiger partial charge is 0.455 e. The molecule has 8 heteroatoms. The van der Waals surface area contributed by atoms with Gasteiger partial charge in [0.2, 0.25) is 0 Å². The van der Waals surface area contributed by atoms with Gasteiger partial charge < -0.3 is 10.1 Å². The third-order valence-electron chi connectivity index (χ3n) is 3.56. The minimum atomic E-state index is -0.538. The molecule has 7 nitrogen and oxygen atoms in total. The molecule has 1 N–H and O–H groups in total. The normalized spacial score (nSPS) is 10.2. The molecule has 0 saturated carbocycles. The summed E-state index contributed by atoms with van der Waals surface area (Å²) in [6.07, 6.45) is 0. The third kappa shape index (κ3) is 5.89. The second-order valence-electron chi connectivity index (χ2n) is 5.55. The Morgan fingerprint density at radius 3 is 2.42 bits per heavy atom. The molecule has 2 aromatic carbocycles. The lowest BCUT2D eigenvalue weighted by Gasteiger charge is -2.08. The number of nitro groups is 1. The summed E-state index contributed by atoms with van der Waals surface area (Å²) in [5.41, 5.74) is 2.81. The SMILES string of the molecule is Cc1ccc(NC(=O)COC(=O)CSc2ccc([N+](=O)[O-])cc2)cc1C. The van der Waals surface area contributed by atoms with E-state index < -0.39 is 16.8 Å². The Kier molecular flexibility index (Phi) is 6.74. The monoisotopic (exact) mass is 374 g/mol. The van der Waals surface area contributed by atoms with Crippen LogP contribution in [-0.4, -0.2) is 29.2 Å². The number of anilines is 1. The topological polar surface area (TPSA) is 98.5 Å². The number of thioether (sulfide) groups is 1. The summed E-state index contributed by atoms with van der Waals surface area (Å²) in [6, 6.07) is 11.4. The van der Waals surface area contributed by atoms with Gasteiger partial charge in [0.05, 0.1) is 10.7 Å². The maximum absolute atomic E-state index is 11.8. The number of nitrogens with zero attached hydrogens (tertiary/aromatic N) is 1. The summed E-state index contributed by atoms with van der Waals surface area (Å²) in [6.45, 7) is 3.55. The van der Waals surface area contributed by atoms with Crippen LogP contribution in [-0.2, 0) is 14.3 Å². The molecule has 2 aromatic rings. The van der Waals surface area contributed by atoms with Gasteiger partial charge in [-0.1, -0.05) is 6.07 Å². The van der Waals surface area contributed by atoms with Crippen molar-refractivity contribution in [2.24, 2.45) is 0 Å². The van der Waals surface area contributed by atoms with Crippen LogP contribution in [0.25, 0.3) is 0 Å². The van der Waals surface area contributed by atoms with E-state index in [2.05, 4.69) is 5.32 Å². The Labute approximate surface area is 154 Å². The van der Waals surface area contributed by atoms with Crippen molar-refractivity contribution in [1.29, 1.82) is 0 Å². The van der Waals surface area contributed by atoms with Crippen LogP contribution in [0.5, 0.6) is 0 Å². The van der Waals surface area contributed by atoms with Crippen LogP contribution < -0.4 is 5.32 Å². The van der Waals surface area contributed by atoms with Gasteiger partial charge in [-0.25, -0.2) is 0 Å². The third-order valence-corrected chi connectivity index (χ3v) is 4.54. The summed E-state index contributed by atoms with van der Waals surface area (Å²) in [5.74, 6) is -0.945. The zero-order valence-corrected chi connectivity index (χ0v) is 15.2. The van der Waals surface area contributed by atoms with Gasteiger partial charge in [-0.3, -0.25) is 19.7 Å². The van der Waals surface area contributed by atoms with Crippen molar-refractivity contribution in [2.75, 3.05) is 17.7 Å². The highest BCUT2D eigenvalue weighted by Gasteiger charge is 2.10. The Balaban J connectivity index is 1.74. The molecule has 0 atom stereocenters. The molecule has 0 unspecified atom stereocenters. The first-order chi connectivity index (χ1) is 12.3. The highest BCUT2D eigenvalue weighted by atomic mass is 32.2. The van der Waals surface area contributed by atoms with Crippen molar-refractivity contribution < 1.29 is 19.2 Å². The maximum Gasteiger partial charge on any atom is 0.316 e. The van der Waals surface area contributed by atoms with Gasteiger partial charge >= 0.3 is 5.97 Å². The first-order valence-electron chi connectivity index (χ1n) is 7.75. The van der Waals surface area contributed by atoms with Gasteiger partial charge in [-0.2, -0.15) is 0 Å². The lowest BCUT2D eigenvalue weighted by molar-refractivity contribution is -0.384. The summed E-state index contributed by atoms with van der Waals surface area (Å²) < 4.78 is 4.93. The van der Waals surface area contributed by atoms with Crippen molar-refractivity contribution in [1.82, 2.24) is 0 Å². The lowest BCUT2D eigenvalue weighted by Crippen LogP contribution is -2.21. The van der Waals surface area contributed by atoms with Crippen LogP contribution in [0.2, 0.25) is 0 Å². The number of esters is 1. The second kappa shape index (κ2) is 9.00. The fourth-order valence-corrected chi connectivity index (χ4v) is 2.71. The molecular formula is C18H18N2O5S. The van der Waals surface area contributed by atoms with Crippen molar-refractivity contribution in [3.05, 3.63) is 63.7 Å². The lowest BCUT2D eigenvalue weighted by atomic mass is 10.1. The summed E-state index contributed by atoms with van der Waals surface area (Å²) in [7, 11) is 0. The molecule has 0 aromatic heterocycles. The van der Waals surface area contributed by atoms with Crippen LogP contribution in [0.3, 0.4) is 0 Å².